The molecule has 0 radical (unpaired) electrons. The molecule has 0 aliphatic heterocycles. The summed E-state index contributed by atoms with van der Waals surface area (Å²) < 4.78 is 0. The van der Waals surface area contributed by atoms with Crippen LogP contribution in [0.5, 0.6) is 0 Å². The molecule has 0 aliphatic rings. The zero-order chi connectivity index (χ0) is 24.9. The predicted octanol–water partition coefficient (Wildman–Crippen LogP) is 6.38. The Morgan fingerprint density at radius 3 is 2.38 bits per heavy atom. The van der Waals surface area contributed by atoms with Gasteiger partial charge in [0.15, 0.2) is 0 Å². The third-order valence-corrected chi connectivity index (χ3v) is 4.40. The Bertz CT molecular complexity index is 1150. The minimum Gasteiger partial charge on any atom is -0.310 e. The smallest absolute Gasteiger partial charge is 0.230 e. The van der Waals surface area contributed by atoms with Crippen LogP contribution in [0.25, 0.3) is 16.8 Å². The van der Waals surface area contributed by atoms with Gasteiger partial charge in [-0.2, -0.15) is 0 Å². The molecule has 3 rings (SSSR count). The maximum Gasteiger partial charge on any atom is 0.230 e. The number of rotatable bonds is 7. The van der Waals surface area contributed by atoms with Gasteiger partial charge in [-0.25, -0.2) is 4.98 Å². The highest BCUT2D eigenvalue weighted by Crippen LogP contribution is 2.21. The molecule has 34 heavy (non-hydrogen) atoms. The molecule has 0 saturated heterocycles. The Balaban J connectivity index is 0.00000129. The number of nitrogens with one attached hydrogen (secondary N) is 1. The van der Waals surface area contributed by atoms with Gasteiger partial charge in [0.05, 0.1) is 24.0 Å². The summed E-state index contributed by atoms with van der Waals surface area (Å²) in [5.74, 6) is 0.332. The third kappa shape index (κ3) is 8.20. The molecular formula is C28H33N5O. The van der Waals surface area contributed by atoms with E-state index in [9.17, 15) is 4.79 Å². The molecule has 0 aromatic carbocycles. The average molecular weight is 456 g/mol. The number of nitrogens with zero attached hydrogens (tertiary/aromatic N) is 4. The molecule has 3 aromatic heterocycles. The van der Waals surface area contributed by atoms with Gasteiger partial charge in [-0.15, -0.1) is 0 Å². The highest BCUT2D eigenvalue weighted by molar-refractivity contribution is 5.91. The minimum absolute atomic E-state index is 0.153. The SMILES string of the molecule is C=C/C=C(\C=C(C)C)c1ncc(CC(=O)Nc2ccc(-c3cnccn3)cn2)cc1C.CCC. The van der Waals surface area contributed by atoms with Gasteiger partial charge in [-0.05, 0) is 44.0 Å². The van der Waals surface area contributed by atoms with Crippen LogP contribution in [-0.2, 0) is 11.2 Å². The van der Waals surface area contributed by atoms with Crippen molar-refractivity contribution in [1.82, 2.24) is 19.9 Å². The number of carbonyl (C=O) groups excluding carboxylic acids is 1. The van der Waals surface area contributed by atoms with Crippen molar-refractivity contribution in [3.8, 4) is 11.3 Å². The zero-order valence-electron chi connectivity index (χ0n) is 20.7. The summed E-state index contributed by atoms with van der Waals surface area (Å²) in [7, 11) is 0. The molecule has 1 amide bonds. The van der Waals surface area contributed by atoms with Crippen LogP contribution < -0.4 is 5.32 Å². The Morgan fingerprint density at radius 1 is 1.06 bits per heavy atom. The van der Waals surface area contributed by atoms with Gasteiger partial charge < -0.3 is 5.32 Å². The molecule has 3 aromatic rings. The number of amides is 1. The number of hydrogen-bond donors (Lipinski definition) is 1. The molecule has 3 heterocycles. The number of allylic oxidation sites excluding steroid dienone is 5. The number of aryl methyl sites for hydroxylation is 1. The molecule has 6 nitrogen and oxygen atoms in total. The molecule has 0 atom stereocenters. The summed E-state index contributed by atoms with van der Waals surface area (Å²) in [6.07, 6.45) is 15.5. The number of pyridine rings is 2. The summed E-state index contributed by atoms with van der Waals surface area (Å²) >= 11 is 0. The summed E-state index contributed by atoms with van der Waals surface area (Å²) in [5.41, 5.74) is 6.46. The van der Waals surface area contributed by atoms with E-state index in [-0.39, 0.29) is 12.3 Å². The fraction of sp³-hybridized carbons (Fsp3) is 0.250. The molecule has 6 heteroatoms. The lowest BCUT2D eigenvalue weighted by Gasteiger charge is -2.10. The van der Waals surface area contributed by atoms with Crippen molar-refractivity contribution in [2.24, 2.45) is 0 Å². The van der Waals surface area contributed by atoms with Crippen LogP contribution in [-0.4, -0.2) is 25.8 Å². The number of hydrogen-bond acceptors (Lipinski definition) is 5. The molecule has 1 N–H and O–H groups in total. The van der Waals surface area contributed by atoms with Gasteiger partial charge in [0, 0.05) is 35.9 Å². The Kier molecular flexibility index (Phi) is 10.5. The maximum atomic E-state index is 12.5. The zero-order valence-corrected chi connectivity index (χ0v) is 20.7. The minimum atomic E-state index is -0.153. The van der Waals surface area contributed by atoms with Crippen molar-refractivity contribution in [1.29, 1.82) is 0 Å². The first-order chi connectivity index (χ1) is 16.4. The van der Waals surface area contributed by atoms with E-state index >= 15 is 0 Å². The van der Waals surface area contributed by atoms with Gasteiger partial charge in [-0.1, -0.05) is 56.7 Å². The van der Waals surface area contributed by atoms with E-state index in [4.69, 9.17) is 0 Å². The predicted molar refractivity (Wildman–Crippen MR) is 140 cm³/mol. The van der Waals surface area contributed by atoms with Crippen LogP contribution in [0.1, 0.15) is 50.9 Å². The Labute approximate surface area is 202 Å². The van der Waals surface area contributed by atoms with Gasteiger partial charge in [0.25, 0.3) is 0 Å². The monoisotopic (exact) mass is 455 g/mol. The van der Waals surface area contributed by atoms with Crippen LogP contribution in [0.4, 0.5) is 5.82 Å². The van der Waals surface area contributed by atoms with Gasteiger partial charge in [0.1, 0.15) is 5.82 Å². The first-order valence-corrected chi connectivity index (χ1v) is 11.3. The second-order valence-corrected chi connectivity index (χ2v) is 8.04. The van der Waals surface area contributed by atoms with Crippen molar-refractivity contribution in [3.63, 3.8) is 0 Å². The van der Waals surface area contributed by atoms with Crippen molar-refractivity contribution in [2.45, 2.75) is 47.5 Å². The molecule has 0 unspecified atom stereocenters. The van der Waals surface area contributed by atoms with Crippen LogP contribution in [0.2, 0.25) is 0 Å². The fourth-order valence-corrected chi connectivity index (χ4v) is 3.11. The van der Waals surface area contributed by atoms with Crippen molar-refractivity contribution in [3.05, 3.63) is 96.4 Å². The van der Waals surface area contributed by atoms with E-state index in [0.717, 1.165) is 33.7 Å². The van der Waals surface area contributed by atoms with E-state index in [1.54, 1.807) is 43.1 Å². The number of aromatic nitrogens is 4. The third-order valence-electron chi connectivity index (χ3n) is 4.40. The average Bonchev–Trinajstić information content (AvgIpc) is 2.80. The van der Waals surface area contributed by atoms with Gasteiger partial charge >= 0.3 is 0 Å². The molecule has 0 fully saturated rings. The Morgan fingerprint density at radius 2 is 1.82 bits per heavy atom. The Hall–Kier alpha value is -3.93. The lowest BCUT2D eigenvalue weighted by molar-refractivity contribution is -0.115. The molecule has 0 saturated carbocycles. The molecule has 0 aliphatic carbocycles. The van der Waals surface area contributed by atoms with Crippen LogP contribution in [0, 0.1) is 6.92 Å². The summed E-state index contributed by atoms with van der Waals surface area (Å²) in [6, 6.07) is 5.59. The highest BCUT2D eigenvalue weighted by atomic mass is 16.1. The standard InChI is InChI=1S/C25H25N5O.C3H8/c1-5-6-20(11-17(2)3)25-18(4)12-19(14-29-25)13-24(31)30-23-8-7-21(15-28-23)22-16-26-9-10-27-22;1-3-2/h5-12,14-16H,1,13H2,2-4H3,(H,28,30,31);3H2,1-2H3/b20-6+;. The molecule has 176 valence electrons. The largest absolute Gasteiger partial charge is 0.310 e. The topological polar surface area (TPSA) is 80.7 Å². The highest BCUT2D eigenvalue weighted by Gasteiger charge is 2.10. The van der Waals surface area contributed by atoms with Crippen LogP contribution >= 0.6 is 0 Å². The van der Waals surface area contributed by atoms with Crippen molar-refractivity contribution < 1.29 is 4.79 Å². The quantitative estimate of drug-likeness (QED) is 0.418. The summed E-state index contributed by atoms with van der Waals surface area (Å²) in [4.78, 5) is 29.7. The van der Waals surface area contributed by atoms with Crippen molar-refractivity contribution in [2.75, 3.05) is 5.32 Å². The van der Waals surface area contributed by atoms with Crippen molar-refractivity contribution >= 4 is 17.3 Å². The fourth-order valence-electron chi connectivity index (χ4n) is 3.11. The molecular weight excluding hydrogens is 422 g/mol. The second-order valence-electron chi connectivity index (χ2n) is 8.04. The maximum absolute atomic E-state index is 12.5. The normalized spacial score (nSPS) is 10.6. The van der Waals surface area contributed by atoms with Crippen LogP contribution in [0.3, 0.4) is 0 Å². The summed E-state index contributed by atoms with van der Waals surface area (Å²) in [6.45, 7) is 14.1. The molecule has 0 bridgehead atoms. The first-order valence-electron chi connectivity index (χ1n) is 11.3. The van der Waals surface area contributed by atoms with Gasteiger partial charge in [-0.3, -0.25) is 19.7 Å². The lowest BCUT2D eigenvalue weighted by Crippen LogP contribution is -2.15. The van der Waals surface area contributed by atoms with E-state index in [1.165, 1.54) is 12.0 Å². The van der Waals surface area contributed by atoms with E-state index in [1.807, 2.05) is 39.0 Å². The molecule has 0 spiro atoms. The van der Waals surface area contributed by atoms with E-state index in [2.05, 4.69) is 51.8 Å². The number of carbonyl (C=O) groups is 1. The number of anilines is 1. The van der Waals surface area contributed by atoms with E-state index < -0.39 is 0 Å². The van der Waals surface area contributed by atoms with Gasteiger partial charge in [0.2, 0.25) is 5.91 Å². The summed E-state index contributed by atoms with van der Waals surface area (Å²) in [5, 5.41) is 2.82. The van der Waals surface area contributed by atoms with E-state index in [0.29, 0.717) is 5.82 Å². The first kappa shape index (κ1) is 26.3. The second kappa shape index (κ2) is 13.6. The van der Waals surface area contributed by atoms with Crippen LogP contribution in [0.15, 0.2) is 79.6 Å². The lowest BCUT2D eigenvalue weighted by atomic mass is 10.0.